The van der Waals surface area contributed by atoms with Crippen molar-refractivity contribution >= 4 is 44.3 Å². The molecule has 2 aliphatic carbocycles. The van der Waals surface area contributed by atoms with Gasteiger partial charge in [-0.05, 0) is 69.9 Å². The van der Waals surface area contributed by atoms with Gasteiger partial charge in [0, 0.05) is 18.0 Å². The van der Waals surface area contributed by atoms with E-state index in [-0.39, 0.29) is 4.90 Å². The molecule has 11 heteroatoms. The smallest absolute Gasteiger partial charge is 0.411 e. The van der Waals surface area contributed by atoms with Crippen molar-refractivity contribution < 1.29 is 27.4 Å². The third-order valence-corrected chi connectivity index (χ3v) is 11.1. The molecule has 0 spiro atoms. The number of ether oxygens (including phenoxy) is 3. The number of carbonyl (C=O) groups excluding carboxylic acids is 1. The highest BCUT2D eigenvalue weighted by Crippen LogP contribution is 2.77. The number of aromatic nitrogens is 1. The Morgan fingerprint density at radius 1 is 1.19 bits per heavy atom. The second-order valence-electron chi connectivity index (χ2n) is 10.7. The molecule has 3 heterocycles. The molecule has 2 aliphatic heterocycles. The van der Waals surface area contributed by atoms with Crippen LogP contribution in [0.2, 0.25) is 0 Å². The summed E-state index contributed by atoms with van der Waals surface area (Å²) in [6, 6.07) is 7.39. The highest BCUT2D eigenvalue weighted by molar-refractivity contribution is 8.22. The van der Waals surface area contributed by atoms with Gasteiger partial charge in [0.2, 0.25) is 4.38 Å². The monoisotopic (exact) mass is 562 g/mol. The lowest BCUT2D eigenvalue weighted by atomic mass is 9.93. The summed E-state index contributed by atoms with van der Waals surface area (Å²) in [4.78, 5) is 19.7. The summed E-state index contributed by atoms with van der Waals surface area (Å²) >= 11 is 6.66. The van der Waals surface area contributed by atoms with Gasteiger partial charge in [0.05, 0.1) is 30.3 Å². The number of hydrogen-bond donors (Lipinski definition) is 0. The number of benzene rings is 1. The summed E-state index contributed by atoms with van der Waals surface area (Å²) in [6.07, 6.45) is 3.85. The lowest BCUT2D eigenvalue weighted by Gasteiger charge is -2.30. The average molecular weight is 563 g/mol. The maximum Gasteiger partial charge on any atom is 0.411 e. The van der Waals surface area contributed by atoms with E-state index in [9.17, 15) is 13.2 Å². The average Bonchev–Trinajstić information content (AvgIpc) is 3.10. The topological polar surface area (TPSA) is 95.0 Å². The van der Waals surface area contributed by atoms with Gasteiger partial charge in [0.15, 0.2) is 9.84 Å². The number of piperidine rings is 2. The molecule has 2 saturated carbocycles. The molecule has 6 atom stereocenters. The zero-order chi connectivity index (χ0) is 26.9. The fourth-order valence-corrected chi connectivity index (χ4v) is 9.20. The second-order valence-corrected chi connectivity index (χ2v) is 14.3. The number of pyridine rings is 1. The zero-order valence-corrected chi connectivity index (χ0v) is 23.9. The molecular formula is C26H30N2O6S3. The minimum absolute atomic E-state index is 0.212. The third kappa shape index (κ3) is 3.84. The summed E-state index contributed by atoms with van der Waals surface area (Å²) in [6.45, 7) is 7.27. The number of thiocarbonyl (C=S) groups is 1. The van der Waals surface area contributed by atoms with E-state index in [4.69, 9.17) is 26.4 Å². The zero-order valence-electron chi connectivity index (χ0n) is 21.5. The molecule has 1 aromatic heterocycles. The van der Waals surface area contributed by atoms with E-state index >= 15 is 0 Å². The van der Waals surface area contributed by atoms with E-state index in [1.807, 2.05) is 6.92 Å². The first-order valence-corrected chi connectivity index (χ1v) is 15.1. The van der Waals surface area contributed by atoms with Crippen molar-refractivity contribution in [3.63, 3.8) is 0 Å². The minimum atomic E-state index is -3.94. The fourth-order valence-electron chi connectivity index (χ4n) is 6.24. The molecule has 6 unspecified atom stereocenters. The lowest BCUT2D eigenvalue weighted by molar-refractivity contribution is 0.0168. The Morgan fingerprint density at radius 2 is 1.86 bits per heavy atom. The third-order valence-electron chi connectivity index (χ3n) is 7.48. The van der Waals surface area contributed by atoms with Crippen molar-refractivity contribution in [1.82, 2.24) is 9.88 Å². The molecule has 4 aliphatic rings. The van der Waals surface area contributed by atoms with Crippen LogP contribution in [0.1, 0.15) is 37.8 Å². The maximum atomic E-state index is 14.5. The standard InChI is InChI=1S/C26H30N2O6S3/c1-14-7-9-17(10-8-14)37(30,31)26-18(15-11-16(32-5)13-27-12-15)20-21(33-24(35)36-6)19(26)22(26)28(20)23(29)34-25(2,3)4/h7-13,18-22H,1-6H3. The molecule has 0 N–H and O–H groups in total. The Hall–Kier alpha value is -2.37. The van der Waals surface area contributed by atoms with Gasteiger partial charge in [-0.2, -0.15) is 0 Å². The number of rotatable bonds is 5. The number of sulfone groups is 1. The van der Waals surface area contributed by atoms with Crippen LogP contribution in [-0.2, 0) is 19.3 Å². The maximum absolute atomic E-state index is 14.5. The number of methoxy groups -OCH3 is 1. The fraction of sp³-hybridized carbons (Fsp3) is 0.500. The van der Waals surface area contributed by atoms with Crippen molar-refractivity contribution in [1.29, 1.82) is 0 Å². The van der Waals surface area contributed by atoms with Crippen molar-refractivity contribution in [2.24, 2.45) is 5.92 Å². The van der Waals surface area contributed by atoms with Crippen molar-refractivity contribution in [2.45, 2.75) is 67.0 Å². The Bertz CT molecular complexity index is 1360. The Labute approximate surface area is 227 Å². The number of aryl methyl sites for hydroxylation is 1. The van der Waals surface area contributed by atoms with Crippen LogP contribution in [0.4, 0.5) is 4.79 Å². The summed E-state index contributed by atoms with van der Waals surface area (Å²) in [7, 11) is -2.41. The van der Waals surface area contributed by atoms with E-state index in [1.165, 1.54) is 18.9 Å². The number of hydrogen-bond acceptors (Lipinski definition) is 9. The molecule has 1 amide bonds. The summed E-state index contributed by atoms with van der Waals surface area (Å²) in [5, 5.41) is 0. The van der Waals surface area contributed by atoms with Crippen molar-refractivity contribution in [3.05, 3.63) is 53.9 Å². The van der Waals surface area contributed by atoms with Gasteiger partial charge < -0.3 is 14.2 Å². The first-order valence-electron chi connectivity index (χ1n) is 11.9. The van der Waals surface area contributed by atoms with Crippen LogP contribution in [-0.4, -0.2) is 70.7 Å². The van der Waals surface area contributed by atoms with E-state index in [0.29, 0.717) is 15.7 Å². The second kappa shape index (κ2) is 8.84. The molecule has 198 valence electrons. The van der Waals surface area contributed by atoms with Crippen LogP contribution in [0, 0.1) is 12.8 Å². The molecule has 37 heavy (non-hydrogen) atoms. The molecule has 2 saturated heterocycles. The first kappa shape index (κ1) is 26.2. The number of thioether (sulfide) groups is 1. The van der Waals surface area contributed by atoms with E-state index in [1.54, 1.807) is 74.7 Å². The summed E-state index contributed by atoms with van der Waals surface area (Å²) in [5.41, 5.74) is 0.866. The van der Waals surface area contributed by atoms with Gasteiger partial charge >= 0.3 is 6.09 Å². The predicted octanol–water partition coefficient (Wildman–Crippen LogP) is 4.36. The van der Waals surface area contributed by atoms with Gasteiger partial charge in [-0.3, -0.25) is 9.88 Å². The normalized spacial score (nSPS) is 29.7. The van der Waals surface area contributed by atoms with E-state index in [2.05, 4.69) is 4.98 Å². The highest BCUT2D eigenvalue weighted by atomic mass is 32.2. The molecule has 2 aromatic rings. The SMILES string of the molecule is COc1cncc(C2C3C(OC(=S)SC)C4C(N3C(=O)OC(C)(C)C)C24S(=O)(=O)c2ccc(C)cc2)c1. The van der Waals surface area contributed by atoms with E-state index < -0.39 is 56.3 Å². The van der Waals surface area contributed by atoms with Crippen LogP contribution in [0.3, 0.4) is 0 Å². The van der Waals surface area contributed by atoms with Gasteiger partial charge in [0.25, 0.3) is 0 Å². The quantitative estimate of drug-likeness (QED) is 0.493. The number of amides is 1. The van der Waals surface area contributed by atoms with Gasteiger partial charge in [0.1, 0.15) is 22.2 Å². The molecule has 1 aromatic carbocycles. The Morgan fingerprint density at radius 3 is 2.46 bits per heavy atom. The van der Waals surface area contributed by atoms with Crippen LogP contribution < -0.4 is 4.74 Å². The van der Waals surface area contributed by atoms with Crippen molar-refractivity contribution in [3.8, 4) is 5.75 Å². The molecule has 8 nitrogen and oxygen atoms in total. The summed E-state index contributed by atoms with van der Waals surface area (Å²) in [5.74, 6) is -0.584. The van der Waals surface area contributed by atoms with Crippen LogP contribution in [0.5, 0.6) is 5.75 Å². The van der Waals surface area contributed by atoms with Gasteiger partial charge in [-0.25, -0.2) is 13.2 Å². The first-order chi connectivity index (χ1) is 17.4. The minimum Gasteiger partial charge on any atom is -0.495 e. The number of carbonyl (C=O) groups is 1. The molecule has 4 fully saturated rings. The highest BCUT2D eigenvalue weighted by Gasteiger charge is 2.94. The molecule has 6 rings (SSSR count). The molecular weight excluding hydrogens is 532 g/mol. The van der Waals surface area contributed by atoms with Crippen LogP contribution in [0.15, 0.2) is 47.6 Å². The lowest BCUT2D eigenvalue weighted by Crippen LogP contribution is -2.43. The predicted molar refractivity (Wildman–Crippen MR) is 145 cm³/mol. The Balaban J connectivity index is 1.70. The van der Waals surface area contributed by atoms with Crippen LogP contribution in [0.25, 0.3) is 0 Å². The van der Waals surface area contributed by atoms with Crippen LogP contribution >= 0.6 is 24.0 Å². The Kier molecular flexibility index (Phi) is 6.27. The molecule has 0 radical (unpaired) electrons. The molecule has 4 bridgehead atoms. The van der Waals surface area contributed by atoms with E-state index in [0.717, 1.165) is 5.56 Å². The summed E-state index contributed by atoms with van der Waals surface area (Å²) < 4.78 is 45.4. The van der Waals surface area contributed by atoms with Crippen molar-refractivity contribution in [2.75, 3.05) is 13.4 Å². The largest absolute Gasteiger partial charge is 0.495 e. The number of nitrogens with zero attached hydrogens (tertiary/aromatic N) is 2. The van der Waals surface area contributed by atoms with Gasteiger partial charge in [-0.1, -0.05) is 29.5 Å². The van der Waals surface area contributed by atoms with Gasteiger partial charge in [-0.15, -0.1) is 0 Å².